The van der Waals surface area contributed by atoms with Gasteiger partial charge in [-0.15, -0.1) is 0 Å². The number of hydrogen-bond acceptors (Lipinski definition) is 4. The zero-order valence-corrected chi connectivity index (χ0v) is 19.8. The van der Waals surface area contributed by atoms with Crippen molar-refractivity contribution in [1.82, 2.24) is 4.90 Å². The monoisotopic (exact) mass is 477 g/mol. The molecule has 0 bridgehead atoms. The average molecular weight is 478 g/mol. The summed E-state index contributed by atoms with van der Waals surface area (Å²) < 4.78 is 27.9. The highest BCUT2D eigenvalue weighted by atomic mass is 32.2. The Kier molecular flexibility index (Phi) is 6.98. The molecule has 1 aliphatic rings. The van der Waals surface area contributed by atoms with E-state index in [-0.39, 0.29) is 16.4 Å². The summed E-state index contributed by atoms with van der Waals surface area (Å²) in [7, 11) is -3.79. The van der Waals surface area contributed by atoms with Gasteiger partial charge in [0.2, 0.25) is 0 Å². The van der Waals surface area contributed by atoms with Crippen LogP contribution < -0.4 is 10.0 Å². The van der Waals surface area contributed by atoms with Crippen LogP contribution in [0.3, 0.4) is 0 Å². The highest BCUT2D eigenvalue weighted by molar-refractivity contribution is 7.92. The molecule has 0 radical (unpaired) electrons. The van der Waals surface area contributed by atoms with Gasteiger partial charge in [0, 0.05) is 24.3 Å². The maximum absolute atomic E-state index is 13.0. The second-order valence-electron chi connectivity index (χ2n) is 8.35. The Morgan fingerprint density at radius 3 is 2.15 bits per heavy atom. The van der Waals surface area contributed by atoms with Crippen LogP contribution in [0.5, 0.6) is 0 Å². The zero-order valence-electron chi connectivity index (χ0n) is 19.0. The summed E-state index contributed by atoms with van der Waals surface area (Å²) in [6.07, 6.45) is 3.08. The summed E-state index contributed by atoms with van der Waals surface area (Å²) in [6.45, 7) is 3.35. The third-order valence-corrected chi connectivity index (χ3v) is 7.18. The van der Waals surface area contributed by atoms with Crippen molar-refractivity contribution in [3.8, 4) is 0 Å². The molecule has 0 spiro atoms. The van der Waals surface area contributed by atoms with E-state index in [1.54, 1.807) is 36.4 Å². The molecule has 0 aliphatic carbocycles. The minimum Gasteiger partial charge on any atom is -0.339 e. The number of anilines is 2. The number of benzene rings is 3. The number of aryl methyl sites for hydroxylation is 1. The molecule has 2 N–H and O–H groups in total. The van der Waals surface area contributed by atoms with Gasteiger partial charge in [-0.2, -0.15) is 0 Å². The largest absolute Gasteiger partial charge is 0.339 e. The van der Waals surface area contributed by atoms with Crippen molar-refractivity contribution in [3.05, 3.63) is 89.5 Å². The Morgan fingerprint density at radius 1 is 0.824 bits per heavy atom. The lowest BCUT2D eigenvalue weighted by atomic mass is 10.1. The third-order valence-electron chi connectivity index (χ3n) is 5.78. The van der Waals surface area contributed by atoms with E-state index in [2.05, 4.69) is 10.0 Å². The van der Waals surface area contributed by atoms with E-state index in [0.717, 1.165) is 24.8 Å². The zero-order chi connectivity index (χ0) is 24.1. The topological polar surface area (TPSA) is 95.6 Å². The highest BCUT2D eigenvalue weighted by Crippen LogP contribution is 2.22. The van der Waals surface area contributed by atoms with Crippen LogP contribution in [0.4, 0.5) is 11.4 Å². The first kappa shape index (κ1) is 23.5. The predicted octanol–water partition coefficient (Wildman–Crippen LogP) is 4.67. The molecule has 1 heterocycles. The smallest absolute Gasteiger partial charge is 0.261 e. The van der Waals surface area contributed by atoms with Gasteiger partial charge in [-0.25, -0.2) is 8.42 Å². The fourth-order valence-corrected chi connectivity index (χ4v) is 4.92. The first-order valence-corrected chi connectivity index (χ1v) is 12.7. The summed E-state index contributed by atoms with van der Waals surface area (Å²) in [5.74, 6) is -0.520. The van der Waals surface area contributed by atoms with E-state index in [9.17, 15) is 18.0 Å². The van der Waals surface area contributed by atoms with Crippen LogP contribution in [0.15, 0.2) is 77.7 Å². The van der Waals surface area contributed by atoms with Gasteiger partial charge in [-0.05, 0) is 74.7 Å². The molecule has 1 fully saturated rings. The fraction of sp³-hybridized carbons (Fsp3) is 0.231. The van der Waals surface area contributed by atoms with Crippen molar-refractivity contribution in [1.29, 1.82) is 0 Å². The van der Waals surface area contributed by atoms with Crippen molar-refractivity contribution in [3.63, 3.8) is 0 Å². The molecular weight excluding hydrogens is 450 g/mol. The third kappa shape index (κ3) is 5.46. The van der Waals surface area contributed by atoms with Crippen LogP contribution in [0.1, 0.15) is 45.5 Å². The van der Waals surface area contributed by atoms with Gasteiger partial charge in [-0.3, -0.25) is 14.3 Å². The van der Waals surface area contributed by atoms with Gasteiger partial charge in [0.15, 0.2) is 0 Å². The van der Waals surface area contributed by atoms with E-state index in [4.69, 9.17) is 0 Å². The molecule has 0 aromatic heterocycles. The Bertz CT molecular complexity index is 1280. The molecule has 176 valence electrons. The SMILES string of the molecule is Cc1ccc(NS(=O)(=O)c2ccc(C(=O)Nc3ccccc3C(=O)N3CCCCC3)cc2)cc1. The molecule has 1 aliphatic heterocycles. The maximum Gasteiger partial charge on any atom is 0.261 e. The van der Waals surface area contributed by atoms with Crippen molar-refractivity contribution >= 4 is 33.2 Å². The molecule has 3 aromatic carbocycles. The van der Waals surface area contributed by atoms with E-state index < -0.39 is 15.9 Å². The molecule has 4 rings (SSSR count). The second kappa shape index (κ2) is 10.1. The normalized spacial score (nSPS) is 13.9. The first-order valence-electron chi connectivity index (χ1n) is 11.2. The van der Waals surface area contributed by atoms with Gasteiger partial charge < -0.3 is 10.2 Å². The Morgan fingerprint density at radius 2 is 1.47 bits per heavy atom. The van der Waals surface area contributed by atoms with Crippen LogP contribution in [0.25, 0.3) is 0 Å². The van der Waals surface area contributed by atoms with Crippen LogP contribution in [0.2, 0.25) is 0 Å². The fourth-order valence-electron chi connectivity index (χ4n) is 3.86. The number of para-hydroxylation sites is 1. The molecule has 0 atom stereocenters. The molecule has 8 heteroatoms. The summed E-state index contributed by atoms with van der Waals surface area (Å²) in [6, 6.07) is 19.6. The van der Waals surface area contributed by atoms with Crippen LogP contribution in [-0.2, 0) is 10.0 Å². The second-order valence-corrected chi connectivity index (χ2v) is 10.0. The van der Waals surface area contributed by atoms with Crippen molar-refractivity contribution < 1.29 is 18.0 Å². The highest BCUT2D eigenvalue weighted by Gasteiger charge is 2.22. The molecule has 0 saturated carbocycles. The summed E-state index contributed by atoms with van der Waals surface area (Å²) >= 11 is 0. The van der Waals surface area contributed by atoms with Gasteiger partial charge in [-0.1, -0.05) is 29.8 Å². The maximum atomic E-state index is 13.0. The van der Waals surface area contributed by atoms with Crippen molar-refractivity contribution in [2.75, 3.05) is 23.1 Å². The Balaban J connectivity index is 1.47. The Labute approximate surface area is 199 Å². The molecule has 2 amide bonds. The van der Waals surface area contributed by atoms with E-state index >= 15 is 0 Å². The number of carbonyl (C=O) groups is 2. The Hall–Kier alpha value is -3.65. The van der Waals surface area contributed by atoms with E-state index in [1.807, 2.05) is 24.0 Å². The van der Waals surface area contributed by atoms with Gasteiger partial charge >= 0.3 is 0 Å². The average Bonchev–Trinajstić information content (AvgIpc) is 2.86. The lowest BCUT2D eigenvalue weighted by molar-refractivity contribution is 0.0725. The number of piperidine rings is 1. The molecule has 3 aromatic rings. The van der Waals surface area contributed by atoms with Gasteiger partial charge in [0.05, 0.1) is 16.1 Å². The standard InChI is InChI=1S/C26H27N3O4S/c1-19-9-13-21(14-10-19)28-34(32,33)22-15-11-20(12-16-22)25(30)27-24-8-4-3-7-23(24)26(31)29-17-5-2-6-18-29/h3-4,7-16,28H,2,5-6,17-18H2,1H3,(H,27,30). The van der Waals surface area contributed by atoms with Crippen LogP contribution in [-0.4, -0.2) is 38.2 Å². The number of rotatable bonds is 6. The van der Waals surface area contributed by atoms with Crippen molar-refractivity contribution in [2.24, 2.45) is 0 Å². The number of carbonyl (C=O) groups excluding carboxylic acids is 2. The van der Waals surface area contributed by atoms with Crippen LogP contribution >= 0.6 is 0 Å². The van der Waals surface area contributed by atoms with E-state index in [1.165, 1.54) is 24.3 Å². The molecule has 1 saturated heterocycles. The lowest BCUT2D eigenvalue weighted by Gasteiger charge is -2.27. The minimum absolute atomic E-state index is 0.0466. The summed E-state index contributed by atoms with van der Waals surface area (Å²) in [5, 5.41) is 2.80. The molecule has 7 nitrogen and oxygen atoms in total. The van der Waals surface area contributed by atoms with Crippen molar-refractivity contribution in [2.45, 2.75) is 31.1 Å². The lowest BCUT2D eigenvalue weighted by Crippen LogP contribution is -2.36. The number of sulfonamides is 1. The van der Waals surface area contributed by atoms with Gasteiger partial charge in [0.1, 0.15) is 0 Å². The van der Waals surface area contributed by atoms with Crippen LogP contribution in [0, 0.1) is 6.92 Å². The van der Waals surface area contributed by atoms with E-state index in [0.29, 0.717) is 30.0 Å². The molecular formula is C26H27N3O4S. The number of amides is 2. The number of hydrogen-bond donors (Lipinski definition) is 2. The molecule has 34 heavy (non-hydrogen) atoms. The number of nitrogens with one attached hydrogen (secondary N) is 2. The van der Waals surface area contributed by atoms with Gasteiger partial charge in [0.25, 0.3) is 21.8 Å². The predicted molar refractivity (Wildman–Crippen MR) is 133 cm³/mol. The minimum atomic E-state index is -3.79. The quantitative estimate of drug-likeness (QED) is 0.539. The number of nitrogens with zero attached hydrogens (tertiary/aromatic N) is 1. The first-order chi connectivity index (χ1) is 16.3. The summed E-state index contributed by atoms with van der Waals surface area (Å²) in [5.41, 5.74) is 2.65. The molecule has 0 unspecified atom stereocenters. The summed E-state index contributed by atoms with van der Waals surface area (Å²) in [4.78, 5) is 27.7. The number of likely N-dealkylation sites (tertiary alicyclic amines) is 1.